The largest absolute Gasteiger partial charge is 0.382 e. The summed E-state index contributed by atoms with van der Waals surface area (Å²) in [6.45, 7) is 7.18. The molecule has 0 aliphatic heterocycles. The fourth-order valence-electron chi connectivity index (χ4n) is 2.70. The van der Waals surface area contributed by atoms with Gasteiger partial charge in [-0.15, -0.1) is 0 Å². The second-order valence-electron chi connectivity index (χ2n) is 6.28. The number of hydrogen-bond donors (Lipinski definition) is 2. The molecule has 1 aromatic rings. The van der Waals surface area contributed by atoms with Gasteiger partial charge in [-0.1, -0.05) is 25.5 Å². The van der Waals surface area contributed by atoms with E-state index in [1.54, 1.807) is 0 Å². The minimum atomic E-state index is 0.0381. The summed E-state index contributed by atoms with van der Waals surface area (Å²) in [6.07, 6.45) is 4.93. The van der Waals surface area contributed by atoms with Crippen molar-refractivity contribution < 1.29 is 4.79 Å². The minimum absolute atomic E-state index is 0.0381. The molecule has 1 aliphatic carbocycles. The number of carbonyl (C=O) groups excluding carboxylic acids is 1. The molecule has 0 saturated heterocycles. The number of amides is 1. The van der Waals surface area contributed by atoms with Crippen molar-refractivity contribution in [3.05, 3.63) is 29.8 Å². The van der Waals surface area contributed by atoms with E-state index in [1.165, 1.54) is 25.7 Å². The third-order valence-electron chi connectivity index (χ3n) is 3.98. The summed E-state index contributed by atoms with van der Waals surface area (Å²) in [5, 5.41) is 6.45. The molecule has 0 aromatic heterocycles. The van der Waals surface area contributed by atoms with Crippen LogP contribution in [0.25, 0.3) is 0 Å². The Bertz CT molecular complexity index is 464. The fraction of sp³-hybridized carbons (Fsp3) is 0.588. The average molecular weight is 274 g/mol. The highest BCUT2D eigenvalue weighted by Gasteiger charge is 2.41. The summed E-state index contributed by atoms with van der Waals surface area (Å²) in [4.78, 5) is 12.4. The maximum Gasteiger partial charge on any atom is 0.253 e. The van der Waals surface area contributed by atoms with Gasteiger partial charge in [-0.05, 0) is 50.7 Å². The van der Waals surface area contributed by atoms with Gasteiger partial charge in [0.25, 0.3) is 5.91 Å². The molecule has 1 fully saturated rings. The lowest BCUT2D eigenvalue weighted by Crippen LogP contribution is -2.31. The van der Waals surface area contributed by atoms with Gasteiger partial charge >= 0.3 is 0 Å². The van der Waals surface area contributed by atoms with Crippen molar-refractivity contribution in [1.82, 2.24) is 5.32 Å². The van der Waals surface area contributed by atoms with Gasteiger partial charge in [0.15, 0.2) is 0 Å². The molecular formula is C17H26N2O. The SMILES string of the molecule is CCCC1(CNC(=O)c2ccccc2NC(C)C)CC1. The predicted molar refractivity (Wildman–Crippen MR) is 84.1 cm³/mol. The number of hydrogen-bond acceptors (Lipinski definition) is 2. The molecule has 1 aromatic carbocycles. The van der Waals surface area contributed by atoms with Crippen LogP contribution < -0.4 is 10.6 Å². The molecule has 1 aliphatic rings. The van der Waals surface area contributed by atoms with Crippen LogP contribution in [-0.4, -0.2) is 18.5 Å². The first-order chi connectivity index (χ1) is 9.56. The Morgan fingerprint density at radius 1 is 1.30 bits per heavy atom. The molecule has 0 bridgehead atoms. The molecule has 3 heteroatoms. The summed E-state index contributed by atoms with van der Waals surface area (Å²) >= 11 is 0. The smallest absolute Gasteiger partial charge is 0.253 e. The van der Waals surface area contributed by atoms with Gasteiger partial charge in [-0.25, -0.2) is 0 Å². The van der Waals surface area contributed by atoms with Gasteiger partial charge < -0.3 is 10.6 Å². The van der Waals surface area contributed by atoms with Crippen LogP contribution in [-0.2, 0) is 0 Å². The first kappa shape index (κ1) is 14.9. The van der Waals surface area contributed by atoms with E-state index in [4.69, 9.17) is 0 Å². The van der Waals surface area contributed by atoms with Crippen molar-refractivity contribution in [3.63, 3.8) is 0 Å². The van der Waals surface area contributed by atoms with Gasteiger partial charge in [-0.2, -0.15) is 0 Å². The molecular weight excluding hydrogens is 248 g/mol. The van der Waals surface area contributed by atoms with Crippen molar-refractivity contribution in [2.45, 2.75) is 52.5 Å². The summed E-state index contributed by atoms with van der Waals surface area (Å²) in [7, 11) is 0. The third-order valence-corrected chi connectivity index (χ3v) is 3.98. The van der Waals surface area contributed by atoms with Crippen LogP contribution in [0.15, 0.2) is 24.3 Å². The summed E-state index contributed by atoms with van der Waals surface area (Å²) < 4.78 is 0. The molecule has 3 nitrogen and oxygen atoms in total. The molecule has 0 spiro atoms. The van der Waals surface area contributed by atoms with Crippen LogP contribution in [0.1, 0.15) is 56.8 Å². The predicted octanol–water partition coefficient (Wildman–Crippen LogP) is 3.82. The lowest BCUT2D eigenvalue weighted by atomic mass is 10.0. The zero-order valence-corrected chi connectivity index (χ0v) is 12.8. The molecule has 2 N–H and O–H groups in total. The third kappa shape index (κ3) is 3.75. The van der Waals surface area contributed by atoms with Crippen molar-refractivity contribution in [3.8, 4) is 0 Å². The first-order valence-corrected chi connectivity index (χ1v) is 7.70. The van der Waals surface area contributed by atoms with Crippen LogP contribution >= 0.6 is 0 Å². The summed E-state index contributed by atoms with van der Waals surface area (Å²) in [5.74, 6) is 0.0381. The first-order valence-electron chi connectivity index (χ1n) is 7.70. The topological polar surface area (TPSA) is 41.1 Å². The van der Waals surface area contributed by atoms with Gasteiger partial charge in [0.1, 0.15) is 0 Å². The number of rotatable bonds is 7. The van der Waals surface area contributed by atoms with E-state index in [9.17, 15) is 4.79 Å². The zero-order chi connectivity index (χ0) is 14.6. The second kappa shape index (κ2) is 6.29. The maximum absolute atomic E-state index is 12.4. The molecule has 110 valence electrons. The molecule has 1 saturated carbocycles. The molecule has 20 heavy (non-hydrogen) atoms. The average Bonchev–Trinajstić information content (AvgIpc) is 3.17. The van der Waals surface area contributed by atoms with Gasteiger partial charge in [-0.3, -0.25) is 4.79 Å². The van der Waals surface area contributed by atoms with E-state index in [0.29, 0.717) is 11.5 Å². The highest BCUT2D eigenvalue weighted by Crippen LogP contribution is 2.48. The summed E-state index contributed by atoms with van der Waals surface area (Å²) in [5.41, 5.74) is 2.05. The van der Waals surface area contributed by atoms with Crippen molar-refractivity contribution >= 4 is 11.6 Å². The maximum atomic E-state index is 12.4. The lowest BCUT2D eigenvalue weighted by molar-refractivity contribution is 0.0944. The number of para-hydroxylation sites is 1. The van der Waals surface area contributed by atoms with Crippen molar-refractivity contribution in [1.29, 1.82) is 0 Å². The molecule has 2 rings (SSSR count). The highest BCUT2D eigenvalue weighted by molar-refractivity contribution is 5.99. The van der Waals surface area contributed by atoms with E-state index in [1.807, 2.05) is 24.3 Å². The Labute approximate surface area is 122 Å². The standard InChI is InChI=1S/C17H26N2O/c1-4-9-17(10-11-17)12-18-16(20)14-7-5-6-8-15(14)19-13(2)3/h5-8,13,19H,4,9-12H2,1-3H3,(H,18,20). The molecule has 1 amide bonds. The van der Waals surface area contributed by atoms with Crippen molar-refractivity contribution in [2.24, 2.45) is 5.41 Å². The van der Waals surface area contributed by atoms with E-state index in [2.05, 4.69) is 31.4 Å². The van der Waals surface area contributed by atoms with Crippen LogP contribution in [0.5, 0.6) is 0 Å². The molecule has 0 radical (unpaired) electrons. The van der Waals surface area contributed by atoms with Crippen LogP contribution in [0, 0.1) is 5.41 Å². The second-order valence-corrected chi connectivity index (χ2v) is 6.28. The Morgan fingerprint density at radius 3 is 2.60 bits per heavy atom. The van der Waals surface area contributed by atoms with Gasteiger partial charge in [0, 0.05) is 18.3 Å². The summed E-state index contributed by atoms with van der Waals surface area (Å²) in [6, 6.07) is 8.05. The van der Waals surface area contributed by atoms with E-state index in [0.717, 1.165) is 17.8 Å². The Hall–Kier alpha value is -1.51. The van der Waals surface area contributed by atoms with Crippen LogP contribution in [0.2, 0.25) is 0 Å². The molecule has 0 unspecified atom stereocenters. The molecule has 0 heterocycles. The van der Waals surface area contributed by atoms with Crippen molar-refractivity contribution in [2.75, 3.05) is 11.9 Å². The van der Waals surface area contributed by atoms with Gasteiger partial charge in [0.2, 0.25) is 0 Å². The highest BCUT2D eigenvalue weighted by atomic mass is 16.1. The minimum Gasteiger partial charge on any atom is -0.382 e. The Kier molecular flexibility index (Phi) is 4.69. The van der Waals surface area contributed by atoms with E-state index < -0.39 is 0 Å². The number of nitrogens with one attached hydrogen (secondary N) is 2. The van der Waals surface area contributed by atoms with Crippen LogP contribution in [0.3, 0.4) is 0 Å². The van der Waals surface area contributed by atoms with Crippen LogP contribution in [0.4, 0.5) is 5.69 Å². The zero-order valence-electron chi connectivity index (χ0n) is 12.8. The number of carbonyl (C=O) groups is 1. The van der Waals surface area contributed by atoms with E-state index in [-0.39, 0.29) is 5.91 Å². The Morgan fingerprint density at radius 2 is 2.00 bits per heavy atom. The van der Waals surface area contributed by atoms with Gasteiger partial charge in [0.05, 0.1) is 5.56 Å². The number of benzene rings is 1. The number of anilines is 1. The Balaban J connectivity index is 1.98. The lowest BCUT2D eigenvalue weighted by Gasteiger charge is -2.17. The quantitative estimate of drug-likeness (QED) is 0.793. The van der Waals surface area contributed by atoms with E-state index >= 15 is 0 Å². The normalized spacial score (nSPS) is 16.0. The molecule has 0 atom stereocenters. The fourth-order valence-corrected chi connectivity index (χ4v) is 2.70. The monoisotopic (exact) mass is 274 g/mol.